The zero-order valence-electron chi connectivity index (χ0n) is 23.0. The molecule has 0 bridgehead atoms. The van der Waals surface area contributed by atoms with Gasteiger partial charge in [0.25, 0.3) is 0 Å². The average molecular weight is 504 g/mol. The molecule has 1 aromatic carbocycles. The van der Waals surface area contributed by atoms with Crippen LogP contribution in [0, 0.1) is 13.8 Å². The Morgan fingerprint density at radius 3 is 2.33 bits per heavy atom. The molecule has 202 valence electrons. The summed E-state index contributed by atoms with van der Waals surface area (Å²) in [7, 11) is 0. The summed E-state index contributed by atoms with van der Waals surface area (Å²) in [6.45, 7) is 12.3. The van der Waals surface area contributed by atoms with E-state index in [0.717, 1.165) is 42.4 Å². The van der Waals surface area contributed by atoms with Crippen LogP contribution in [0.2, 0.25) is 0 Å². The van der Waals surface area contributed by atoms with E-state index in [-0.39, 0.29) is 18.0 Å². The molecule has 2 rings (SSSR count). The second-order valence-electron chi connectivity index (χ2n) is 11.0. The Kier molecular flexibility index (Phi) is 10.8. The van der Waals surface area contributed by atoms with Gasteiger partial charge in [0.2, 0.25) is 11.8 Å². The van der Waals surface area contributed by atoms with Gasteiger partial charge in [0.15, 0.2) is 0 Å². The Morgan fingerprint density at radius 2 is 1.78 bits per heavy atom. The third kappa shape index (κ3) is 8.22. The summed E-state index contributed by atoms with van der Waals surface area (Å²) < 4.78 is 5.30. The maximum Gasteiger partial charge on any atom is 0.408 e. The second kappa shape index (κ2) is 13.1. The highest BCUT2D eigenvalue weighted by molar-refractivity contribution is 5.92. The summed E-state index contributed by atoms with van der Waals surface area (Å²) in [5.74, 6) is -0.763. The molecule has 3 N–H and O–H groups in total. The highest BCUT2D eigenvalue weighted by Gasteiger charge is 2.39. The van der Waals surface area contributed by atoms with E-state index in [9.17, 15) is 19.5 Å². The Hall–Kier alpha value is -2.61. The molecule has 3 atom stereocenters. The molecule has 3 amide bonds. The lowest BCUT2D eigenvalue weighted by Gasteiger charge is -2.39. The zero-order chi connectivity index (χ0) is 27.0. The van der Waals surface area contributed by atoms with E-state index in [2.05, 4.69) is 10.6 Å². The highest BCUT2D eigenvalue weighted by Crippen LogP contribution is 2.30. The van der Waals surface area contributed by atoms with Crippen LogP contribution < -0.4 is 10.6 Å². The zero-order valence-corrected chi connectivity index (χ0v) is 23.0. The number of aryl methyl sites for hydroxylation is 2. The average Bonchev–Trinajstić information content (AvgIpc) is 2.81. The quantitative estimate of drug-likeness (QED) is 0.466. The first-order chi connectivity index (χ1) is 16.9. The molecular weight excluding hydrogens is 458 g/mol. The summed E-state index contributed by atoms with van der Waals surface area (Å²) in [5, 5.41) is 15.8. The molecule has 0 heterocycles. The molecule has 8 nitrogen and oxygen atoms in total. The van der Waals surface area contributed by atoms with Gasteiger partial charge < -0.3 is 25.4 Å². The lowest BCUT2D eigenvalue weighted by Crippen LogP contribution is -2.57. The van der Waals surface area contributed by atoms with Gasteiger partial charge in [-0.3, -0.25) is 9.59 Å². The topological polar surface area (TPSA) is 108 Å². The Balaban J connectivity index is 2.48. The number of nitrogens with zero attached hydrogens (tertiary/aromatic N) is 1. The molecule has 1 aliphatic rings. The largest absolute Gasteiger partial charge is 0.444 e. The van der Waals surface area contributed by atoms with Crippen molar-refractivity contribution in [3.8, 4) is 0 Å². The molecule has 3 unspecified atom stereocenters. The summed E-state index contributed by atoms with van der Waals surface area (Å²) in [5.41, 5.74) is 1.86. The van der Waals surface area contributed by atoms with Crippen LogP contribution >= 0.6 is 0 Å². The summed E-state index contributed by atoms with van der Waals surface area (Å²) >= 11 is 0. The maximum absolute atomic E-state index is 13.9. The first kappa shape index (κ1) is 29.6. The summed E-state index contributed by atoms with van der Waals surface area (Å²) in [6, 6.07) is 3.47. The normalized spacial score (nSPS) is 17.0. The van der Waals surface area contributed by atoms with E-state index < -0.39 is 36.3 Å². The molecule has 0 spiro atoms. The van der Waals surface area contributed by atoms with Crippen molar-refractivity contribution in [2.45, 2.75) is 117 Å². The molecule has 36 heavy (non-hydrogen) atoms. The van der Waals surface area contributed by atoms with Crippen LogP contribution in [0.4, 0.5) is 4.79 Å². The van der Waals surface area contributed by atoms with Crippen molar-refractivity contribution in [2.24, 2.45) is 0 Å². The van der Waals surface area contributed by atoms with E-state index in [1.165, 1.54) is 11.3 Å². The molecule has 0 aromatic heterocycles. The Morgan fingerprint density at radius 1 is 1.14 bits per heavy atom. The molecule has 8 heteroatoms. The van der Waals surface area contributed by atoms with Gasteiger partial charge in [-0.05, 0) is 71.9 Å². The number of hydrogen-bond donors (Lipinski definition) is 3. The smallest absolute Gasteiger partial charge is 0.408 e. The number of benzene rings is 1. The molecule has 1 fully saturated rings. The Bertz CT molecular complexity index is 905. The van der Waals surface area contributed by atoms with Crippen molar-refractivity contribution < 1.29 is 24.2 Å². The van der Waals surface area contributed by atoms with E-state index in [1.807, 2.05) is 45.9 Å². The van der Waals surface area contributed by atoms with Gasteiger partial charge in [-0.15, -0.1) is 0 Å². The van der Waals surface area contributed by atoms with Crippen LogP contribution in [0.1, 0.15) is 95.9 Å². The van der Waals surface area contributed by atoms with Crippen molar-refractivity contribution >= 4 is 17.9 Å². The number of amides is 3. The molecule has 0 radical (unpaired) electrons. The number of aliphatic hydroxyl groups is 1. The van der Waals surface area contributed by atoms with E-state index >= 15 is 0 Å². The van der Waals surface area contributed by atoms with Crippen molar-refractivity contribution in [1.82, 2.24) is 15.5 Å². The van der Waals surface area contributed by atoms with Crippen molar-refractivity contribution in [3.63, 3.8) is 0 Å². The third-order valence-electron chi connectivity index (χ3n) is 6.70. The van der Waals surface area contributed by atoms with Crippen molar-refractivity contribution in [3.05, 3.63) is 34.9 Å². The second-order valence-corrected chi connectivity index (χ2v) is 11.0. The predicted octanol–water partition coefficient (Wildman–Crippen LogP) is 4.31. The number of nitrogens with one attached hydrogen (secondary N) is 2. The lowest BCUT2D eigenvalue weighted by molar-refractivity contribution is -0.146. The first-order valence-corrected chi connectivity index (χ1v) is 13.2. The highest BCUT2D eigenvalue weighted by atomic mass is 16.6. The SMILES string of the molecule is CCC(C)N(C(=O)C(CO)NC(=O)OC(C)(C)C)C(C(=O)NC1CCCCC1)c1cc(C)ccc1C. The maximum atomic E-state index is 13.9. The van der Waals surface area contributed by atoms with Gasteiger partial charge in [-0.1, -0.05) is 49.9 Å². The van der Waals surface area contributed by atoms with Gasteiger partial charge in [-0.25, -0.2) is 4.79 Å². The van der Waals surface area contributed by atoms with Crippen LogP contribution in [0.3, 0.4) is 0 Å². The lowest BCUT2D eigenvalue weighted by atomic mass is 9.92. The first-order valence-electron chi connectivity index (χ1n) is 13.2. The van der Waals surface area contributed by atoms with Crippen LogP contribution in [-0.2, 0) is 14.3 Å². The fourth-order valence-electron chi connectivity index (χ4n) is 4.61. The molecule has 0 aliphatic heterocycles. The van der Waals surface area contributed by atoms with Crippen LogP contribution in [0.5, 0.6) is 0 Å². The standard InChI is InChI=1S/C28H45N3O5/c1-8-20(4)31(26(34)23(17-32)30-27(35)36-28(5,6)7)24(22-16-18(2)14-15-19(22)3)25(33)29-21-12-10-9-11-13-21/h14-16,20-21,23-24,32H,8-13,17H2,1-7H3,(H,29,33)(H,30,35). The van der Waals surface area contributed by atoms with Crippen molar-refractivity contribution in [2.75, 3.05) is 6.61 Å². The molecule has 1 saturated carbocycles. The summed E-state index contributed by atoms with van der Waals surface area (Å²) in [4.78, 5) is 41.7. The molecule has 0 saturated heterocycles. The van der Waals surface area contributed by atoms with Crippen LogP contribution in [0.15, 0.2) is 18.2 Å². The number of alkyl carbamates (subject to hydrolysis) is 1. The fraction of sp³-hybridized carbons (Fsp3) is 0.679. The molecular formula is C28H45N3O5. The predicted molar refractivity (Wildman–Crippen MR) is 141 cm³/mol. The number of ether oxygens (including phenoxy) is 1. The summed E-state index contributed by atoms with van der Waals surface area (Å²) in [6.07, 6.45) is 4.94. The van der Waals surface area contributed by atoms with E-state index in [1.54, 1.807) is 20.8 Å². The molecule has 1 aliphatic carbocycles. The van der Waals surface area contributed by atoms with Crippen LogP contribution in [0.25, 0.3) is 0 Å². The monoisotopic (exact) mass is 503 g/mol. The van der Waals surface area contributed by atoms with E-state index in [0.29, 0.717) is 6.42 Å². The minimum atomic E-state index is -1.25. The van der Waals surface area contributed by atoms with Gasteiger partial charge in [-0.2, -0.15) is 0 Å². The number of aliphatic hydroxyl groups excluding tert-OH is 1. The minimum absolute atomic E-state index is 0.0706. The molecule has 1 aromatic rings. The van der Waals surface area contributed by atoms with E-state index in [4.69, 9.17) is 4.74 Å². The van der Waals surface area contributed by atoms with Gasteiger partial charge in [0.05, 0.1) is 6.61 Å². The Labute approximate surface area is 216 Å². The van der Waals surface area contributed by atoms with Gasteiger partial charge in [0.1, 0.15) is 17.7 Å². The minimum Gasteiger partial charge on any atom is -0.444 e. The number of carbonyl (C=O) groups excluding carboxylic acids is 3. The van der Waals surface area contributed by atoms with Gasteiger partial charge >= 0.3 is 6.09 Å². The third-order valence-corrected chi connectivity index (χ3v) is 6.70. The van der Waals surface area contributed by atoms with Crippen LogP contribution in [-0.4, -0.2) is 58.2 Å². The number of carbonyl (C=O) groups is 3. The van der Waals surface area contributed by atoms with Crippen molar-refractivity contribution in [1.29, 1.82) is 0 Å². The van der Waals surface area contributed by atoms with Gasteiger partial charge in [0, 0.05) is 12.1 Å². The number of hydrogen-bond acceptors (Lipinski definition) is 5. The number of rotatable bonds is 9. The fourth-order valence-corrected chi connectivity index (χ4v) is 4.61.